The monoisotopic (exact) mass is 495 g/mol. The van der Waals surface area contributed by atoms with Gasteiger partial charge in [-0.15, -0.1) is 0 Å². The van der Waals surface area contributed by atoms with E-state index in [1.807, 2.05) is 29.1 Å². The van der Waals surface area contributed by atoms with Crippen LogP contribution in [-0.2, 0) is 5.54 Å². The van der Waals surface area contributed by atoms with Crippen LogP contribution in [0.15, 0.2) is 60.9 Å². The quantitative estimate of drug-likeness (QED) is 0.307. The number of anilines is 3. The number of halogens is 2. The van der Waals surface area contributed by atoms with E-state index in [2.05, 4.69) is 41.4 Å². The zero-order chi connectivity index (χ0) is 24.5. The van der Waals surface area contributed by atoms with E-state index >= 15 is 0 Å². The van der Waals surface area contributed by atoms with Gasteiger partial charge in [0, 0.05) is 29.3 Å². The van der Waals surface area contributed by atoms with Crippen molar-refractivity contribution in [3.8, 4) is 22.5 Å². The molecule has 0 saturated heterocycles. The summed E-state index contributed by atoms with van der Waals surface area (Å²) in [6.45, 7) is 6.19. The van der Waals surface area contributed by atoms with Crippen LogP contribution in [-0.4, -0.2) is 25.8 Å². The van der Waals surface area contributed by atoms with Crippen LogP contribution in [0.5, 0.6) is 0 Å². The zero-order valence-electron chi connectivity index (χ0n) is 18.8. The third-order valence-electron chi connectivity index (χ3n) is 4.93. The fraction of sp³-hybridized carbons (Fsp3) is 0.167. The lowest BCUT2D eigenvalue weighted by molar-refractivity contribution is 0.262. The van der Waals surface area contributed by atoms with Gasteiger partial charge in [0.2, 0.25) is 5.95 Å². The Bertz CT molecular complexity index is 1360. The third kappa shape index (κ3) is 5.30. The van der Waals surface area contributed by atoms with Gasteiger partial charge >= 0.3 is 6.03 Å². The summed E-state index contributed by atoms with van der Waals surface area (Å²) in [7, 11) is 0. The highest BCUT2D eigenvalue weighted by Crippen LogP contribution is 2.33. The van der Waals surface area contributed by atoms with Gasteiger partial charge in [0.1, 0.15) is 5.69 Å². The van der Waals surface area contributed by atoms with Crippen LogP contribution in [0.25, 0.3) is 22.5 Å². The summed E-state index contributed by atoms with van der Waals surface area (Å²) in [6, 6.07) is 13.7. The average Bonchev–Trinajstić information content (AvgIpc) is 3.23. The largest absolute Gasteiger partial charge is 0.368 e. The number of carbonyl (C=O) groups is 1. The normalized spacial score (nSPS) is 11.3. The molecule has 0 spiro atoms. The van der Waals surface area contributed by atoms with Gasteiger partial charge in [-0.3, -0.25) is 4.68 Å². The number of benzene rings is 2. The Morgan fingerprint density at radius 2 is 1.74 bits per heavy atom. The predicted molar refractivity (Wildman–Crippen MR) is 137 cm³/mol. The lowest BCUT2D eigenvalue weighted by atomic mass is 10.0. The number of carbonyl (C=O) groups excluding carboxylic acids is 1. The first-order valence-electron chi connectivity index (χ1n) is 10.4. The number of nitrogens with one attached hydrogen (secondary N) is 2. The first-order valence-corrected chi connectivity index (χ1v) is 11.2. The van der Waals surface area contributed by atoms with Crippen LogP contribution in [0.1, 0.15) is 20.8 Å². The highest BCUT2D eigenvalue weighted by molar-refractivity contribution is 6.42. The maximum atomic E-state index is 12.5. The minimum absolute atomic E-state index is 0.170. The van der Waals surface area contributed by atoms with Crippen LogP contribution in [0.4, 0.5) is 22.1 Å². The van der Waals surface area contributed by atoms with Crippen molar-refractivity contribution in [2.24, 2.45) is 0 Å². The van der Waals surface area contributed by atoms with Gasteiger partial charge in [-0.25, -0.2) is 14.8 Å². The molecule has 8 nitrogen and oxygen atoms in total. The summed E-state index contributed by atoms with van der Waals surface area (Å²) in [5.74, 6) is 0.170. The van der Waals surface area contributed by atoms with Crippen LogP contribution < -0.4 is 16.4 Å². The Kier molecular flexibility index (Phi) is 6.45. The van der Waals surface area contributed by atoms with Gasteiger partial charge in [0.05, 0.1) is 21.3 Å². The van der Waals surface area contributed by atoms with E-state index in [-0.39, 0.29) is 11.5 Å². The summed E-state index contributed by atoms with van der Waals surface area (Å²) in [6.07, 6.45) is 3.56. The summed E-state index contributed by atoms with van der Waals surface area (Å²) in [4.78, 5) is 20.9. The SMILES string of the molecule is CC(C)(C)n1cc(-c2cccc(NC(=O)Nc3ccc(Cl)c(Cl)c3)c2)c(-c2ccnc(N)n2)n1. The fourth-order valence-electron chi connectivity index (χ4n) is 3.26. The van der Waals surface area contributed by atoms with E-state index in [4.69, 9.17) is 34.0 Å². The first-order chi connectivity index (χ1) is 16.1. The van der Waals surface area contributed by atoms with Crippen molar-refractivity contribution < 1.29 is 4.79 Å². The molecule has 0 radical (unpaired) electrons. The summed E-state index contributed by atoms with van der Waals surface area (Å²) in [5.41, 5.74) is 9.68. The molecule has 0 saturated carbocycles. The molecule has 0 atom stereocenters. The number of nitrogen functional groups attached to an aromatic ring is 1. The van der Waals surface area contributed by atoms with Gasteiger partial charge < -0.3 is 16.4 Å². The molecule has 0 bridgehead atoms. The van der Waals surface area contributed by atoms with E-state index in [0.717, 1.165) is 11.1 Å². The van der Waals surface area contributed by atoms with Gasteiger partial charge in [-0.1, -0.05) is 35.3 Å². The molecule has 10 heteroatoms. The summed E-state index contributed by atoms with van der Waals surface area (Å²) in [5, 5.41) is 11.1. The zero-order valence-corrected chi connectivity index (χ0v) is 20.3. The second-order valence-electron chi connectivity index (χ2n) is 8.60. The number of nitrogens with zero attached hydrogens (tertiary/aromatic N) is 4. The van der Waals surface area contributed by atoms with Crippen molar-refractivity contribution in [3.63, 3.8) is 0 Å². The topological polar surface area (TPSA) is 111 Å². The Labute approximate surface area is 207 Å². The number of aromatic nitrogens is 4. The van der Waals surface area contributed by atoms with Crippen LogP contribution in [0.3, 0.4) is 0 Å². The molecule has 0 aliphatic heterocycles. The Morgan fingerprint density at radius 3 is 2.41 bits per heavy atom. The van der Waals surface area contributed by atoms with Crippen LogP contribution in [0.2, 0.25) is 10.0 Å². The highest BCUT2D eigenvalue weighted by atomic mass is 35.5. The highest BCUT2D eigenvalue weighted by Gasteiger charge is 2.21. The molecule has 2 aromatic heterocycles. The van der Waals surface area contributed by atoms with Crippen LogP contribution >= 0.6 is 23.2 Å². The molecule has 4 aromatic rings. The lowest BCUT2D eigenvalue weighted by Gasteiger charge is -2.18. The van der Waals surface area contributed by atoms with Crippen molar-refractivity contribution in [2.45, 2.75) is 26.3 Å². The Hall–Kier alpha value is -3.62. The van der Waals surface area contributed by atoms with Crippen LogP contribution in [0, 0.1) is 0 Å². The van der Waals surface area contributed by atoms with Gasteiger partial charge in [0.15, 0.2) is 0 Å². The van der Waals surface area contributed by atoms with Crippen molar-refractivity contribution in [1.29, 1.82) is 0 Å². The molecule has 4 rings (SSSR count). The number of nitrogens with two attached hydrogens (primary N) is 1. The number of hydrogen-bond acceptors (Lipinski definition) is 5. The van der Waals surface area contributed by atoms with Gasteiger partial charge in [-0.05, 0) is 62.7 Å². The van der Waals surface area contributed by atoms with Crippen molar-refractivity contribution in [3.05, 3.63) is 71.0 Å². The van der Waals surface area contributed by atoms with E-state index in [0.29, 0.717) is 32.8 Å². The molecule has 2 amide bonds. The second-order valence-corrected chi connectivity index (χ2v) is 9.41. The molecular formula is C24H23Cl2N7O. The predicted octanol–water partition coefficient (Wildman–Crippen LogP) is 6.30. The maximum Gasteiger partial charge on any atom is 0.323 e. The summed E-state index contributed by atoms with van der Waals surface area (Å²) < 4.78 is 1.88. The van der Waals surface area contributed by atoms with E-state index < -0.39 is 6.03 Å². The molecule has 0 unspecified atom stereocenters. The van der Waals surface area contributed by atoms with Crippen molar-refractivity contribution >= 4 is 46.6 Å². The molecule has 4 N–H and O–H groups in total. The van der Waals surface area contributed by atoms with Crippen molar-refractivity contribution in [1.82, 2.24) is 19.7 Å². The fourth-order valence-corrected chi connectivity index (χ4v) is 3.55. The number of urea groups is 1. The van der Waals surface area contributed by atoms with E-state index in [9.17, 15) is 4.79 Å². The number of rotatable bonds is 4. The summed E-state index contributed by atoms with van der Waals surface area (Å²) >= 11 is 12.0. The van der Waals surface area contributed by atoms with E-state index in [1.54, 1.807) is 36.5 Å². The molecule has 0 aliphatic rings. The second kappa shape index (κ2) is 9.32. The van der Waals surface area contributed by atoms with Gasteiger partial charge in [0.25, 0.3) is 0 Å². The smallest absolute Gasteiger partial charge is 0.323 e. The minimum atomic E-state index is -0.412. The first kappa shape index (κ1) is 23.5. The Morgan fingerprint density at radius 1 is 1.00 bits per heavy atom. The Balaban J connectivity index is 1.65. The molecule has 34 heavy (non-hydrogen) atoms. The molecule has 0 fully saturated rings. The van der Waals surface area contributed by atoms with Crippen molar-refractivity contribution in [2.75, 3.05) is 16.4 Å². The van der Waals surface area contributed by atoms with E-state index in [1.165, 1.54) is 0 Å². The third-order valence-corrected chi connectivity index (χ3v) is 5.67. The maximum absolute atomic E-state index is 12.5. The number of amides is 2. The molecule has 0 aliphatic carbocycles. The lowest BCUT2D eigenvalue weighted by Crippen LogP contribution is -2.22. The molecule has 2 heterocycles. The average molecular weight is 496 g/mol. The van der Waals surface area contributed by atoms with Gasteiger partial charge in [-0.2, -0.15) is 5.10 Å². The standard InChI is InChI=1S/C24H23Cl2N7O/c1-24(2,3)33-13-17(21(32-33)20-9-10-28-22(27)31-20)14-5-4-6-15(11-14)29-23(34)30-16-7-8-18(25)19(26)12-16/h4-13H,1-3H3,(H2,27,28,31)(H2,29,30,34). The minimum Gasteiger partial charge on any atom is -0.368 e. The molecule has 174 valence electrons. The molecule has 2 aromatic carbocycles. The number of hydrogen-bond donors (Lipinski definition) is 3. The molecular weight excluding hydrogens is 473 g/mol.